The lowest BCUT2D eigenvalue weighted by Crippen LogP contribution is -2.40. The Bertz CT molecular complexity index is 186. The molecule has 4 heteroatoms. The highest BCUT2D eigenvalue weighted by Gasteiger charge is 2.67. The molecule has 0 aromatic carbocycles. The van der Waals surface area contributed by atoms with Gasteiger partial charge < -0.3 is 9.22 Å². The molecule has 1 fully saturated rings. The molecule has 0 saturated carbocycles. The fourth-order valence-corrected chi connectivity index (χ4v) is 8.03. The van der Waals surface area contributed by atoms with Crippen molar-refractivity contribution in [1.29, 1.82) is 0 Å². The molecule has 1 N–H and O–H groups in total. The van der Waals surface area contributed by atoms with Crippen LogP contribution in [0.15, 0.2) is 0 Å². The minimum Gasteiger partial charge on any atom is -0.429 e. The van der Waals surface area contributed by atoms with E-state index in [0.717, 1.165) is 12.5 Å². The molecule has 0 radical (unpaired) electrons. The summed E-state index contributed by atoms with van der Waals surface area (Å²) in [6, 6.07) is 0.945. The molecular weight excluding hydrogens is 184 g/mol. The molecule has 72 valence electrons. The van der Waals surface area contributed by atoms with Gasteiger partial charge in [0.15, 0.2) is 8.32 Å². The average molecular weight is 204 g/mol. The van der Waals surface area contributed by atoms with Crippen LogP contribution in [-0.4, -0.2) is 26.7 Å². The molecule has 2 atom stereocenters. The predicted molar refractivity (Wildman–Crippen MR) is 56.1 cm³/mol. The van der Waals surface area contributed by atoms with Gasteiger partial charge in [0.05, 0.1) is 5.22 Å². The van der Waals surface area contributed by atoms with Gasteiger partial charge in [-0.2, -0.15) is 0 Å². The topological polar surface area (TPSA) is 29.5 Å². The minimum absolute atomic E-state index is 0.0720. The summed E-state index contributed by atoms with van der Waals surface area (Å²) in [7, 11) is -3.40. The fourth-order valence-electron chi connectivity index (χ4n) is 1.82. The molecule has 0 aromatic heterocycles. The van der Waals surface area contributed by atoms with E-state index < -0.39 is 16.6 Å². The Morgan fingerprint density at radius 1 is 1.50 bits per heavy atom. The Kier molecular flexibility index (Phi) is 2.32. The van der Waals surface area contributed by atoms with E-state index in [-0.39, 0.29) is 5.22 Å². The molecule has 1 rings (SSSR count). The molecule has 0 aromatic rings. The van der Waals surface area contributed by atoms with Crippen LogP contribution in [0.3, 0.4) is 0 Å². The monoisotopic (exact) mass is 204 g/mol. The van der Waals surface area contributed by atoms with Crippen LogP contribution in [0.25, 0.3) is 0 Å². The van der Waals surface area contributed by atoms with E-state index in [1.54, 1.807) is 0 Å². The highest BCUT2D eigenvalue weighted by molar-refractivity contribution is 6.86. The van der Waals surface area contributed by atoms with Crippen LogP contribution in [0.5, 0.6) is 0 Å². The van der Waals surface area contributed by atoms with Crippen molar-refractivity contribution in [3.05, 3.63) is 0 Å². The number of rotatable bonds is 3. The van der Waals surface area contributed by atoms with Gasteiger partial charge in [0.1, 0.15) is 0 Å². The maximum absolute atomic E-state index is 9.94. The van der Waals surface area contributed by atoms with E-state index in [2.05, 4.69) is 26.6 Å². The fraction of sp³-hybridized carbons (Fsp3) is 1.00. The Morgan fingerprint density at radius 3 is 2.00 bits per heavy atom. The molecule has 0 amide bonds. The Labute approximate surface area is 77.2 Å². The van der Waals surface area contributed by atoms with Crippen molar-refractivity contribution < 1.29 is 9.22 Å². The Hall–Kier alpha value is 0.354. The van der Waals surface area contributed by atoms with E-state index >= 15 is 0 Å². The normalized spacial score (nSPS) is 41.5. The second kappa shape index (κ2) is 2.67. The summed E-state index contributed by atoms with van der Waals surface area (Å²) in [6.07, 6.45) is 0.983. The maximum atomic E-state index is 9.94. The molecule has 12 heavy (non-hydrogen) atoms. The number of hydrogen-bond acceptors (Lipinski definition) is 2. The van der Waals surface area contributed by atoms with E-state index in [4.69, 9.17) is 4.43 Å². The molecule has 1 heterocycles. The standard InChI is InChI=1S/C8H20O2Si2/c1-6-8(7-12(8,5)9)10-11(2,3)4/h9H,6-7H2,1-5H3. The van der Waals surface area contributed by atoms with Gasteiger partial charge in [-0.3, -0.25) is 0 Å². The summed E-state index contributed by atoms with van der Waals surface area (Å²) in [5, 5.41) is -0.0720. The van der Waals surface area contributed by atoms with Crippen molar-refractivity contribution in [2.45, 2.75) is 50.8 Å². The van der Waals surface area contributed by atoms with Crippen LogP contribution in [0.1, 0.15) is 13.3 Å². The summed E-state index contributed by atoms with van der Waals surface area (Å²) in [5.74, 6) is 0. The summed E-state index contributed by atoms with van der Waals surface area (Å²) in [6.45, 7) is 10.7. The van der Waals surface area contributed by atoms with Crippen LogP contribution in [0.4, 0.5) is 0 Å². The third-order valence-corrected chi connectivity index (χ3v) is 7.19. The second-order valence-electron chi connectivity index (χ2n) is 5.01. The molecule has 2 unspecified atom stereocenters. The van der Waals surface area contributed by atoms with Gasteiger partial charge in [-0.25, -0.2) is 0 Å². The van der Waals surface area contributed by atoms with E-state index in [0.29, 0.717) is 0 Å². The van der Waals surface area contributed by atoms with Crippen LogP contribution >= 0.6 is 0 Å². The van der Waals surface area contributed by atoms with E-state index in [1.165, 1.54) is 0 Å². The Balaban J connectivity index is 2.62. The van der Waals surface area contributed by atoms with Gasteiger partial charge in [0.25, 0.3) is 0 Å². The lowest BCUT2D eigenvalue weighted by Gasteiger charge is -2.27. The number of hydrogen-bond donors (Lipinski definition) is 1. The van der Waals surface area contributed by atoms with Crippen molar-refractivity contribution in [3.63, 3.8) is 0 Å². The van der Waals surface area contributed by atoms with E-state index in [1.807, 2.05) is 6.55 Å². The first-order valence-corrected chi connectivity index (χ1v) is 10.7. The van der Waals surface area contributed by atoms with Crippen molar-refractivity contribution in [2.75, 3.05) is 0 Å². The third-order valence-electron chi connectivity index (χ3n) is 2.56. The average Bonchev–Trinajstić information content (AvgIpc) is 2.30. The summed E-state index contributed by atoms with van der Waals surface area (Å²) in [4.78, 5) is 9.94. The van der Waals surface area contributed by atoms with Gasteiger partial charge in [0, 0.05) is 0 Å². The highest BCUT2D eigenvalue weighted by atomic mass is 28.4. The first-order chi connectivity index (χ1) is 5.22. The van der Waals surface area contributed by atoms with Gasteiger partial charge in [-0.05, 0) is 38.7 Å². The van der Waals surface area contributed by atoms with Crippen LogP contribution in [-0.2, 0) is 4.43 Å². The Morgan fingerprint density at radius 2 is 1.92 bits per heavy atom. The molecule has 1 aliphatic heterocycles. The van der Waals surface area contributed by atoms with Gasteiger partial charge in [-0.1, -0.05) is 6.92 Å². The van der Waals surface area contributed by atoms with Crippen molar-refractivity contribution in [2.24, 2.45) is 0 Å². The summed E-state index contributed by atoms with van der Waals surface area (Å²) >= 11 is 0. The smallest absolute Gasteiger partial charge is 0.217 e. The second-order valence-corrected chi connectivity index (χ2v) is 13.3. The molecular formula is C8H20O2Si2. The maximum Gasteiger partial charge on any atom is 0.217 e. The minimum atomic E-state index is -1.94. The van der Waals surface area contributed by atoms with Crippen LogP contribution in [0, 0.1) is 0 Å². The predicted octanol–water partition coefficient (Wildman–Crippen LogP) is 2.11. The third kappa shape index (κ3) is 1.81. The lowest BCUT2D eigenvalue weighted by atomic mass is 10.3. The van der Waals surface area contributed by atoms with E-state index in [9.17, 15) is 4.80 Å². The van der Waals surface area contributed by atoms with Gasteiger partial charge >= 0.3 is 0 Å². The first kappa shape index (κ1) is 10.4. The van der Waals surface area contributed by atoms with Crippen molar-refractivity contribution >= 4 is 16.6 Å². The highest BCUT2D eigenvalue weighted by Crippen LogP contribution is 2.51. The quantitative estimate of drug-likeness (QED) is 0.714. The zero-order chi connectivity index (χ0) is 9.62. The molecule has 0 spiro atoms. The molecule has 1 saturated heterocycles. The van der Waals surface area contributed by atoms with Crippen LogP contribution < -0.4 is 0 Å². The molecule has 2 nitrogen and oxygen atoms in total. The van der Waals surface area contributed by atoms with Gasteiger partial charge in [-0.15, -0.1) is 0 Å². The summed E-state index contributed by atoms with van der Waals surface area (Å²) in [5.41, 5.74) is 0. The molecule has 0 aliphatic carbocycles. The zero-order valence-corrected chi connectivity index (χ0v) is 10.8. The van der Waals surface area contributed by atoms with Gasteiger partial charge in [0.2, 0.25) is 8.32 Å². The van der Waals surface area contributed by atoms with Crippen molar-refractivity contribution in [1.82, 2.24) is 0 Å². The summed E-state index contributed by atoms with van der Waals surface area (Å²) < 4.78 is 6.05. The largest absolute Gasteiger partial charge is 0.429 e. The lowest BCUT2D eigenvalue weighted by molar-refractivity contribution is 0.190. The van der Waals surface area contributed by atoms with Crippen molar-refractivity contribution in [3.8, 4) is 0 Å². The first-order valence-electron chi connectivity index (χ1n) is 4.65. The van der Waals surface area contributed by atoms with Crippen LogP contribution in [0.2, 0.25) is 32.2 Å². The SMILES string of the molecule is CCC1(O[Si](C)(C)C)C[Si]1(C)O. The zero-order valence-electron chi connectivity index (χ0n) is 8.77. The molecule has 0 bridgehead atoms. The molecule has 1 aliphatic rings.